The van der Waals surface area contributed by atoms with Gasteiger partial charge in [0.1, 0.15) is 17.5 Å². The molecule has 1 amide bonds. The zero-order valence-electron chi connectivity index (χ0n) is 24.2. The summed E-state index contributed by atoms with van der Waals surface area (Å²) in [6, 6.07) is 10.9. The number of ether oxygens (including phenoxy) is 5. The third-order valence-corrected chi connectivity index (χ3v) is 5.46. The highest BCUT2D eigenvalue weighted by atomic mass is 35.5. The van der Waals surface area contributed by atoms with E-state index >= 15 is 0 Å². The molecule has 1 aliphatic heterocycles. The van der Waals surface area contributed by atoms with Gasteiger partial charge in [0, 0.05) is 32.0 Å². The van der Waals surface area contributed by atoms with E-state index in [-0.39, 0.29) is 31.2 Å². The molecule has 4 N–H and O–H groups in total. The van der Waals surface area contributed by atoms with Crippen LogP contribution in [0.25, 0.3) is 0 Å². The second kappa shape index (κ2) is 17.4. The Balaban J connectivity index is 0.000000454. The lowest BCUT2D eigenvalue weighted by Gasteiger charge is -2.27. The Morgan fingerprint density at radius 3 is 2.38 bits per heavy atom. The minimum atomic E-state index is -0.677. The zero-order valence-corrected chi connectivity index (χ0v) is 25.1. The number of amides is 1. The largest absolute Gasteiger partial charge is 0.444 e. The third kappa shape index (κ3) is 14.3. The topological polar surface area (TPSA) is 147 Å². The van der Waals surface area contributed by atoms with Crippen molar-refractivity contribution in [2.75, 3.05) is 26.9 Å². The van der Waals surface area contributed by atoms with Gasteiger partial charge in [-0.1, -0.05) is 30.3 Å². The molecule has 11 nitrogen and oxygen atoms in total. The Hall–Kier alpha value is -2.38. The van der Waals surface area contributed by atoms with Gasteiger partial charge in [-0.2, -0.15) is 0 Å². The van der Waals surface area contributed by atoms with Crippen molar-refractivity contribution in [3.05, 3.63) is 60.2 Å². The fourth-order valence-electron chi connectivity index (χ4n) is 3.57. The molecule has 1 aliphatic rings. The Morgan fingerprint density at radius 2 is 1.82 bits per heavy atom. The van der Waals surface area contributed by atoms with Crippen LogP contribution < -0.4 is 11.1 Å². The van der Waals surface area contributed by atoms with Gasteiger partial charge in [-0.05, 0) is 46.2 Å². The molecule has 0 saturated carbocycles. The molecule has 0 unspecified atom stereocenters. The maximum Gasteiger partial charge on any atom is 0.408 e. The number of aliphatic hydroxyl groups is 1. The molecule has 12 heteroatoms. The summed E-state index contributed by atoms with van der Waals surface area (Å²) in [6.07, 6.45) is 2.29. The van der Waals surface area contributed by atoms with Crippen molar-refractivity contribution >= 4 is 18.5 Å². The highest BCUT2D eigenvalue weighted by molar-refractivity contribution is 5.85. The van der Waals surface area contributed by atoms with E-state index in [9.17, 15) is 9.90 Å². The van der Waals surface area contributed by atoms with Crippen LogP contribution in [0.4, 0.5) is 4.79 Å². The van der Waals surface area contributed by atoms with Gasteiger partial charge in [-0.25, -0.2) is 14.8 Å². The molecule has 1 fully saturated rings. The zero-order chi connectivity index (χ0) is 28.9. The Labute approximate surface area is 243 Å². The summed E-state index contributed by atoms with van der Waals surface area (Å²) in [4.78, 5) is 20.2. The predicted molar refractivity (Wildman–Crippen MR) is 153 cm³/mol. The molecule has 0 bridgehead atoms. The van der Waals surface area contributed by atoms with Crippen molar-refractivity contribution in [1.29, 1.82) is 0 Å². The van der Waals surface area contributed by atoms with Crippen LogP contribution >= 0.6 is 12.4 Å². The van der Waals surface area contributed by atoms with Crippen LogP contribution in [-0.2, 0) is 36.7 Å². The number of hydrogen-bond acceptors (Lipinski definition) is 10. The van der Waals surface area contributed by atoms with E-state index in [4.69, 9.17) is 29.4 Å². The van der Waals surface area contributed by atoms with Crippen LogP contribution in [0.1, 0.15) is 46.0 Å². The first kappa shape index (κ1) is 35.6. The first-order valence-electron chi connectivity index (χ1n) is 13.0. The van der Waals surface area contributed by atoms with Crippen molar-refractivity contribution in [3.63, 3.8) is 0 Å². The monoisotopic (exact) mass is 584 g/mol. The first-order valence-corrected chi connectivity index (χ1v) is 13.0. The number of nitrogens with zero attached hydrogens (tertiary/aromatic N) is 2. The van der Waals surface area contributed by atoms with Crippen molar-refractivity contribution in [1.82, 2.24) is 15.3 Å². The van der Waals surface area contributed by atoms with Gasteiger partial charge in [-0.15, -0.1) is 12.4 Å². The maximum atomic E-state index is 12.1. The molecule has 0 aliphatic carbocycles. The van der Waals surface area contributed by atoms with Gasteiger partial charge in [0.2, 0.25) is 0 Å². The van der Waals surface area contributed by atoms with Gasteiger partial charge in [-0.3, -0.25) is 0 Å². The van der Waals surface area contributed by atoms with Crippen LogP contribution in [0.5, 0.6) is 0 Å². The predicted octanol–water partition coefficient (Wildman–Crippen LogP) is 3.02. The van der Waals surface area contributed by atoms with E-state index in [0.29, 0.717) is 32.1 Å². The number of methoxy groups -OCH3 is 1. The average Bonchev–Trinajstić information content (AvgIpc) is 3.23. The summed E-state index contributed by atoms with van der Waals surface area (Å²) in [5.41, 5.74) is 6.23. The van der Waals surface area contributed by atoms with Crippen LogP contribution in [-0.4, -0.2) is 83.8 Å². The highest BCUT2D eigenvalue weighted by Gasteiger charge is 2.38. The number of halogens is 1. The molecule has 1 aromatic heterocycles. The molecule has 3 rings (SSSR count). The number of carbonyl (C=O) groups excluding carboxylic acids is 1. The molecule has 226 valence electrons. The number of carbonyl (C=O) groups is 1. The number of alkyl carbamates (subject to hydrolysis) is 1. The average molecular weight is 585 g/mol. The van der Waals surface area contributed by atoms with Gasteiger partial charge in [0.25, 0.3) is 0 Å². The minimum Gasteiger partial charge on any atom is -0.444 e. The second-order valence-electron chi connectivity index (χ2n) is 10.7. The number of nitrogens with one attached hydrogen (secondary N) is 1. The SMILES string of the molecule is CC(C)(C)OC(=O)N[C@H](COCc1ccccc1)[C@H]1COC(C)(C)O1.COC[C@@H](O)[C@H](N)Cc1ncccn1.Cl. The lowest BCUT2D eigenvalue weighted by molar-refractivity contribution is -0.143. The van der Waals surface area contributed by atoms with Crippen LogP contribution in [0, 0.1) is 0 Å². The quantitative estimate of drug-likeness (QED) is 0.360. The Morgan fingerprint density at radius 1 is 1.18 bits per heavy atom. The van der Waals surface area contributed by atoms with E-state index in [2.05, 4.69) is 15.3 Å². The molecule has 0 spiro atoms. The summed E-state index contributed by atoms with van der Waals surface area (Å²) in [5.74, 6) is -0.0343. The van der Waals surface area contributed by atoms with E-state index < -0.39 is 29.6 Å². The lowest BCUT2D eigenvalue weighted by Crippen LogP contribution is -2.49. The molecule has 4 atom stereocenters. The molecule has 1 aromatic carbocycles. The molecular formula is C28H45ClN4O7. The van der Waals surface area contributed by atoms with Gasteiger partial charge in [0.15, 0.2) is 5.79 Å². The Bertz CT molecular complexity index is 964. The molecule has 2 heterocycles. The Kier molecular flexibility index (Phi) is 15.5. The summed E-state index contributed by atoms with van der Waals surface area (Å²) < 4.78 is 27.4. The number of rotatable bonds is 11. The van der Waals surface area contributed by atoms with Crippen LogP contribution in [0.15, 0.2) is 48.8 Å². The maximum absolute atomic E-state index is 12.1. The second-order valence-corrected chi connectivity index (χ2v) is 10.7. The number of aliphatic hydroxyl groups excluding tert-OH is 1. The van der Waals surface area contributed by atoms with Crippen molar-refractivity contribution < 1.29 is 33.6 Å². The summed E-state index contributed by atoms with van der Waals surface area (Å²) >= 11 is 0. The number of aromatic nitrogens is 2. The van der Waals surface area contributed by atoms with Crippen molar-refractivity contribution in [2.45, 2.75) is 83.3 Å². The molecule has 2 aromatic rings. The lowest BCUT2D eigenvalue weighted by atomic mass is 10.1. The van der Waals surface area contributed by atoms with Crippen molar-refractivity contribution in [3.8, 4) is 0 Å². The number of benzene rings is 1. The standard InChI is InChI=1S/C19H29NO5.C9H15N3O2.ClH/c1-18(2,3)25-17(21)20-15(16-13-23-19(4,5)24-16)12-22-11-14-9-7-6-8-10-14;1-14-6-8(13)7(10)5-9-11-3-2-4-12-9;/h6-10,15-16H,11-13H2,1-5H3,(H,20,21);2-4,7-8,13H,5-6,10H2,1H3;1H/t15-,16-;7-,8-;/m11./s1. The van der Waals surface area contributed by atoms with Gasteiger partial charge < -0.3 is 39.8 Å². The highest BCUT2D eigenvalue weighted by Crippen LogP contribution is 2.24. The third-order valence-electron chi connectivity index (χ3n) is 5.46. The van der Waals surface area contributed by atoms with Crippen molar-refractivity contribution in [2.24, 2.45) is 5.73 Å². The number of nitrogens with two attached hydrogens (primary N) is 1. The fourth-order valence-corrected chi connectivity index (χ4v) is 3.57. The first-order chi connectivity index (χ1) is 18.4. The minimum absolute atomic E-state index is 0. The van der Waals surface area contributed by atoms with Gasteiger partial charge in [0.05, 0.1) is 38.6 Å². The molecule has 0 radical (unpaired) electrons. The van der Waals surface area contributed by atoms with E-state index in [1.807, 2.05) is 65.0 Å². The molecule has 40 heavy (non-hydrogen) atoms. The van der Waals surface area contributed by atoms with E-state index in [1.165, 1.54) is 7.11 Å². The van der Waals surface area contributed by atoms with E-state index in [1.54, 1.807) is 18.5 Å². The molecular weight excluding hydrogens is 540 g/mol. The molecule has 1 saturated heterocycles. The van der Waals surface area contributed by atoms with Gasteiger partial charge >= 0.3 is 6.09 Å². The van der Waals surface area contributed by atoms with Crippen LogP contribution in [0.2, 0.25) is 0 Å². The van der Waals surface area contributed by atoms with Crippen LogP contribution in [0.3, 0.4) is 0 Å². The fraction of sp³-hybridized carbons (Fsp3) is 0.607. The summed E-state index contributed by atoms with van der Waals surface area (Å²) in [7, 11) is 1.52. The summed E-state index contributed by atoms with van der Waals surface area (Å²) in [5, 5.41) is 12.3. The normalized spacial score (nSPS) is 18.4. The number of hydrogen-bond donors (Lipinski definition) is 3. The van der Waals surface area contributed by atoms with E-state index in [0.717, 1.165) is 5.56 Å². The smallest absolute Gasteiger partial charge is 0.408 e. The summed E-state index contributed by atoms with van der Waals surface area (Å²) in [6.45, 7) is 10.6.